The predicted octanol–water partition coefficient (Wildman–Crippen LogP) is 4.06. The second-order valence-corrected chi connectivity index (χ2v) is 6.35. The fourth-order valence-electron chi connectivity index (χ4n) is 2.75. The predicted molar refractivity (Wildman–Crippen MR) is 96.0 cm³/mol. The molecule has 26 heavy (non-hydrogen) atoms. The van der Waals surface area contributed by atoms with E-state index in [0.717, 1.165) is 24.8 Å². The van der Waals surface area contributed by atoms with Gasteiger partial charge in [0.1, 0.15) is 6.10 Å². The van der Waals surface area contributed by atoms with Gasteiger partial charge in [-0.25, -0.2) is 4.79 Å². The Kier molecular flexibility index (Phi) is 5.96. The second-order valence-electron chi connectivity index (χ2n) is 6.35. The van der Waals surface area contributed by atoms with Crippen molar-refractivity contribution in [3.63, 3.8) is 0 Å². The fourth-order valence-corrected chi connectivity index (χ4v) is 2.75. The van der Waals surface area contributed by atoms with Crippen molar-refractivity contribution in [2.75, 3.05) is 6.61 Å². The van der Waals surface area contributed by atoms with E-state index in [-0.39, 0.29) is 11.8 Å². The molecule has 2 aromatic carbocycles. The SMILES string of the molecule is O=C(OC1CCC1)c1ccc([N+](=O)[O-])c(CCOCc2ccccc2)c1. The van der Waals surface area contributed by atoms with E-state index in [4.69, 9.17) is 9.47 Å². The molecule has 0 heterocycles. The van der Waals surface area contributed by atoms with Crippen molar-refractivity contribution < 1.29 is 19.2 Å². The molecule has 1 fully saturated rings. The molecule has 0 saturated heterocycles. The molecule has 0 unspecified atom stereocenters. The number of carbonyl (C=O) groups is 1. The molecule has 0 aliphatic heterocycles. The van der Waals surface area contributed by atoms with Crippen LogP contribution in [0.5, 0.6) is 0 Å². The minimum absolute atomic E-state index is 0.00601. The Morgan fingerprint density at radius 3 is 2.58 bits per heavy atom. The van der Waals surface area contributed by atoms with Crippen LogP contribution in [0.2, 0.25) is 0 Å². The monoisotopic (exact) mass is 355 g/mol. The third kappa shape index (κ3) is 4.67. The van der Waals surface area contributed by atoms with E-state index in [9.17, 15) is 14.9 Å². The van der Waals surface area contributed by atoms with Gasteiger partial charge < -0.3 is 9.47 Å². The molecule has 0 bridgehead atoms. The Hall–Kier alpha value is -2.73. The van der Waals surface area contributed by atoms with Crippen molar-refractivity contribution in [1.29, 1.82) is 0 Å². The summed E-state index contributed by atoms with van der Waals surface area (Å²) in [6.45, 7) is 0.773. The number of nitro benzene ring substituents is 1. The number of esters is 1. The van der Waals surface area contributed by atoms with E-state index in [0.29, 0.717) is 30.8 Å². The average Bonchev–Trinajstić information content (AvgIpc) is 2.62. The van der Waals surface area contributed by atoms with Crippen molar-refractivity contribution in [2.45, 2.75) is 38.4 Å². The quantitative estimate of drug-likeness (QED) is 0.309. The zero-order valence-electron chi connectivity index (χ0n) is 14.4. The molecule has 0 spiro atoms. The lowest BCUT2D eigenvalue weighted by molar-refractivity contribution is -0.385. The van der Waals surface area contributed by atoms with Crippen LogP contribution in [0.15, 0.2) is 48.5 Å². The van der Waals surface area contributed by atoms with Crippen molar-refractivity contribution in [2.24, 2.45) is 0 Å². The first-order valence-electron chi connectivity index (χ1n) is 8.73. The summed E-state index contributed by atoms with van der Waals surface area (Å²) in [4.78, 5) is 23.0. The molecule has 0 aromatic heterocycles. The Labute approximate surface area is 151 Å². The van der Waals surface area contributed by atoms with Crippen LogP contribution in [-0.2, 0) is 22.5 Å². The standard InChI is InChI=1S/C20H21NO5/c22-20(26-18-7-4-8-18)17-9-10-19(21(23)24)16(13-17)11-12-25-14-15-5-2-1-3-6-15/h1-3,5-6,9-10,13,18H,4,7-8,11-12,14H2. The maximum absolute atomic E-state index is 12.2. The summed E-state index contributed by atoms with van der Waals surface area (Å²) < 4.78 is 11.0. The van der Waals surface area contributed by atoms with Crippen LogP contribution in [0.4, 0.5) is 5.69 Å². The molecule has 2 aromatic rings. The maximum atomic E-state index is 12.2. The van der Waals surface area contributed by atoms with Gasteiger partial charge in [0, 0.05) is 18.1 Å². The molecule has 0 amide bonds. The lowest BCUT2D eigenvalue weighted by atomic mass is 9.96. The molecule has 0 N–H and O–H groups in total. The lowest BCUT2D eigenvalue weighted by Gasteiger charge is -2.25. The smallest absolute Gasteiger partial charge is 0.338 e. The number of hydrogen-bond acceptors (Lipinski definition) is 5. The number of rotatable bonds is 8. The highest BCUT2D eigenvalue weighted by atomic mass is 16.6. The van der Waals surface area contributed by atoms with Crippen molar-refractivity contribution in [3.8, 4) is 0 Å². The summed E-state index contributed by atoms with van der Waals surface area (Å²) in [5.41, 5.74) is 1.86. The van der Waals surface area contributed by atoms with Gasteiger partial charge in [0.25, 0.3) is 5.69 Å². The molecule has 1 saturated carbocycles. The van der Waals surface area contributed by atoms with Crippen LogP contribution < -0.4 is 0 Å². The molecule has 1 aliphatic carbocycles. The molecule has 6 heteroatoms. The number of nitrogens with zero attached hydrogens (tertiary/aromatic N) is 1. The molecule has 1 aliphatic rings. The summed E-state index contributed by atoms with van der Waals surface area (Å²) in [7, 11) is 0. The van der Waals surface area contributed by atoms with Gasteiger partial charge in [-0.05, 0) is 37.0 Å². The lowest BCUT2D eigenvalue weighted by Crippen LogP contribution is -2.25. The molecule has 136 valence electrons. The van der Waals surface area contributed by atoms with E-state index < -0.39 is 10.9 Å². The van der Waals surface area contributed by atoms with E-state index in [2.05, 4.69) is 0 Å². The maximum Gasteiger partial charge on any atom is 0.338 e. The highest BCUT2D eigenvalue weighted by Crippen LogP contribution is 2.25. The highest BCUT2D eigenvalue weighted by molar-refractivity contribution is 5.90. The molecule has 6 nitrogen and oxygen atoms in total. The fraction of sp³-hybridized carbons (Fsp3) is 0.350. The molecular weight excluding hydrogens is 334 g/mol. The molecule has 0 radical (unpaired) electrons. The van der Waals surface area contributed by atoms with Crippen LogP contribution in [0.25, 0.3) is 0 Å². The third-order valence-electron chi connectivity index (χ3n) is 4.47. The zero-order chi connectivity index (χ0) is 18.4. The van der Waals surface area contributed by atoms with Gasteiger partial charge in [0.15, 0.2) is 0 Å². The van der Waals surface area contributed by atoms with Crippen molar-refractivity contribution in [3.05, 3.63) is 75.3 Å². The number of carbonyl (C=O) groups excluding carboxylic acids is 1. The number of hydrogen-bond donors (Lipinski definition) is 0. The number of ether oxygens (including phenoxy) is 2. The summed E-state index contributed by atoms with van der Waals surface area (Å²) in [6, 6.07) is 14.1. The first-order chi connectivity index (χ1) is 12.6. The first-order valence-corrected chi connectivity index (χ1v) is 8.73. The van der Waals surface area contributed by atoms with Gasteiger partial charge in [-0.2, -0.15) is 0 Å². The van der Waals surface area contributed by atoms with E-state index >= 15 is 0 Å². The summed E-state index contributed by atoms with van der Waals surface area (Å²) in [6.07, 6.45) is 3.18. The summed E-state index contributed by atoms with van der Waals surface area (Å²) in [5.74, 6) is -0.420. The van der Waals surface area contributed by atoms with Crippen molar-refractivity contribution in [1.82, 2.24) is 0 Å². The minimum Gasteiger partial charge on any atom is -0.459 e. The van der Waals surface area contributed by atoms with Crippen molar-refractivity contribution >= 4 is 11.7 Å². The Balaban J connectivity index is 1.62. The average molecular weight is 355 g/mol. The van der Waals surface area contributed by atoms with Crippen LogP contribution in [0.3, 0.4) is 0 Å². The molecular formula is C20H21NO5. The van der Waals surface area contributed by atoms with E-state index in [1.165, 1.54) is 12.1 Å². The second kappa shape index (κ2) is 8.58. The van der Waals surface area contributed by atoms with Gasteiger partial charge >= 0.3 is 5.97 Å². The van der Waals surface area contributed by atoms with Crippen LogP contribution in [0.1, 0.15) is 40.7 Å². The molecule has 3 rings (SSSR count). The van der Waals surface area contributed by atoms with Gasteiger partial charge in [-0.15, -0.1) is 0 Å². The number of benzene rings is 2. The van der Waals surface area contributed by atoms with E-state index in [1.807, 2.05) is 30.3 Å². The number of nitro groups is 1. The zero-order valence-corrected chi connectivity index (χ0v) is 14.4. The Morgan fingerprint density at radius 2 is 1.92 bits per heavy atom. The summed E-state index contributed by atoms with van der Waals surface area (Å²) >= 11 is 0. The van der Waals surface area contributed by atoms with Gasteiger partial charge in [-0.3, -0.25) is 10.1 Å². The van der Waals surface area contributed by atoms with Crippen LogP contribution in [-0.4, -0.2) is 23.6 Å². The highest BCUT2D eigenvalue weighted by Gasteiger charge is 2.24. The summed E-state index contributed by atoms with van der Waals surface area (Å²) in [5, 5.41) is 11.2. The van der Waals surface area contributed by atoms with Crippen LogP contribution in [0, 0.1) is 10.1 Å². The third-order valence-corrected chi connectivity index (χ3v) is 4.47. The topological polar surface area (TPSA) is 78.7 Å². The largest absolute Gasteiger partial charge is 0.459 e. The van der Waals surface area contributed by atoms with Gasteiger partial charge in [0.2, 0.25) is 0 Å². The van der Waals surface area contributed by atoms with E-state index in [1.54, 1.807) is 6.07 Å². The molecule has 0 atom stereocenters. The first kappa shape index (κ1) is 18.1. The van der Waals surface area contributed by atoms with Gasteiger partial charge in [0.05, 0.1) is 23.7 Å². The van der Waals surface area contributed by atoms with Gasteiger partial charge in [-0.1, -0.05) is 30.3 Å². The Bertz CT molecular complexity index is 771. The Morgan fingerprint density at radius 1 is 1.15 bits per heavy atom. The minimum atomic E-state index is -0.437. The normalized spacial score (nSPS) is 13.8. The van der Waals surface area contributed by atoms with Crippen LogP contribution >= 0.6 is 0 Å².